The van der Waals surface area contributed by atoms with E-state index in [-0.39, 0.29) is 31.0 Å². The van der Waals surface area contributed by atoms with Crippen molar-refractivity contribution in [1.82, 2.24) is 25.4 Å². The van der Waals surface area contributed by atoms with Gasteiger partial charge in [-0.2, -0.15) is 15.4 Å². The summed E-state index contributed by atoms with van der Waals surface area (Å²) in [6, 6.07) is 14.9. The molecule has 10 heteroatoms. The van der Waals surface area contributed by atoms with Gasteiger partial charge in [0, 0.05) is 34.7 Å². The van der Waals surface area contributed by atoms with Crippen molar-refractivity contribution >= 4 is 16.7 Å². The molecule has 2 atom stereocenters. The van der Waals surface area contributed by atoms with Crippen molar-refractivity contribution in [3.05, 3.63) is 95.3 Å². The number of rotatable bonds is 8. The van der Waals surface area contributed by atoms with Crippen LogP contribution in [0.15, 0.2) is 67.0 Å². The largest absolute Gasteiger partial charge is 0.494 e. The van der Waals surface area contributed by atoms with Crippen LogP contribution >= 0.6 is 0 Å². The second kappa shape index (κ2) is 10.0. The lowest BCUT2D eigenvalue weighted by Crippen LogP contribution is -2.28. The third-order valence-electron chi connectivity index (χ3n) is 7.77. The molecular weight excluding hydrogens is 525 g/mol. The van der Waals surface area contributed by atoms with E-state index in [1.165, 1.54) is 19.2 Å². The van der Waals surface area contributed by atoms with Crippen LogP contribution in [0.25, 0.3) is 22.2 Å². The molecule has 2 aromatic carbocycles. The quantitative estimate of drug-likeness (QED) is 0.254. The summed E-state index contributed by atoms with van der Waals surface area (Å²) in [5.74, 6) is 0.524. The van der Waals surface area contributed by atoms with E-state index >= 15 is 0 Å². The number of benzene rings is 2. The van der Waals surface area contributed by atoms with E-state index in [0.717, 1.165) is 10.9 Å². The molecule has 0 spiro atoms. The van der Waals surface area contributed by atoms with Gasteiger partial charge in [0.25, 0.3) is 0 Å². The molecule has 0 unspecified atom stereocenters. The Balaban J connectivity index is 1.36. The van der Waals surface area contributed by atoms with Crippen LogP contribution in [0.2, 0.25) is 0 Å². The third kappa shape index (κ3) is 4.70. The SMILES string of the molecule is COc1cc(C(=O)CC[C@](C)(O)c2cc3c(c(-c4ccc(F)cc4)n2)OC[C@]3(C)c2cn[nH]n2)cc2cccnc12. The number of ketones is 1. The summed E-state index contributed by atoms with van der Waals surface area (Å²) in [7, 11) is 1.54. The molecule has 0 fully saturated rings. The lowest BCUT2D eigenvalue weighted by Gasteiger charge is -2.26. The van der Waals surface area contributed by atoms with E-state index < -0.39 is 11.0 Å². The van der Waals surface area contributed by atoms with Crippen LogP contribution in [0.1, 0.15) is 54.0 Å². The lowest BCUT2D eigenvalue weighted by atomic mass is 9.80. The number of nitrogens with zero attached hydrogens (tertiary/aromatic N) is 4. The van der Waals surface area contributed by atoms with Crippen molar-refractivity contribution < 1.29 is 23.8 Å². The van der Waals surface area contributed by atoms with Gasteiger partial charge in [-0.05, 0) is 68.8 Å². The minimum absolute atomic E-state index is 0.0592. The Morgan fingerprint density at radius 2 is 2.02 bits per heavy atom. The van der Waals surface area contributed by atoms with Gasteiger partial charge in [0.1, 0.15) is 40.7 Å². The highest BCUT2D eigenvalue weighted by molar-refractivity contribution is 6.01. The number of aliphatic hydroxyl groups is 1. The standard InChI is InChI=1S/C31H28FN5O4/c1-30(26-16-34-37-36-26)17-41-29-22(30)15-25(35-28(29)18-6-8-21(32)9-7-18)31(2,39)11-10-23(38)20-13-19-5-4-12-33-27(19)24(14-20)40-3/h4-9,12-16,39H,10-11,17H2,1-3H3,(H,34,36,37)/t30-,31-/m0/s1. The Hall–Kier alpha value is -4.70. The number of halogens is 1. The maximum Gasteiger partial charge on any atom is 0.163 e. The van der Waals surface area contributed by atoms with Crippen molar-refractivity contribution in [1.29, 1.82) is 0 Å². The van der Waals surface area contributed by atoms with Crippen LogP contribution in [0.3, 0.4) is 0 Å². The predicted octanol–water partition coefficient (Wildman–Crippen LogP) is 5.13. The molecule has 0 bridgehead atoms. The summed E-state index contributed by atoms with van der Waals surface area (Å²) in [5.41, 5.74) is 1.92. The molecule has 3 aromatic heterocycles. The Kier molecular flexibility index (Phi) is 6.50. The molecule has 2 N–H and O–H groups in total. The molecule has 0 saturated carbocycles. The number of methoxy groups -OCH3 is 1. The molecule has 1 aliphatic rings. The van der Waals surface area contributed by atoms with Gasteiger partial charge < -0.3 is 14.6 Å². The molecule has 0 saturated heterocycles. The fourth-order valence-electron chi connectivity index (χ4n) is 5.25. The molecule has 9 nitrogen and oxygen atoms in total. The summed E-state index contributed by atoms with van der Waals surface area (Å²) in [6.45, 7) is 3.90. The maximum absolute atomic E-state index is 13.8. The van der Waals surface area contributed by atoms with E-state index in [1.807, 2.05) is 13.0 Å². The molecule has 0 amide bonds. The number of carbonyl (C=O) groups excluding carboxylic acids is 1. The molecule has 4 heterocycles. The second-order valence-corrected chi connectivity index (χ2v) is 10.7. The topological polar surface area (TPSA) is 123 Å². The van der Waals surface area contributed by atoms with E-state index in [2.05, 4.69) is 20.4 Å². The van der Waals surface area contributed by atoms with E-state index in [9.17, 15) is 14.3 Å². The first-order valence-electron chi connectivity index (χ1n) is 13.2. The zero-order valence-electron chi connectivity index (χ0n) is 22.8. The fourth-order valence-corrected chi connectivity index (χ4v) is 5.25. The highest BCUT2D eigenvalue weighted by atomic mass is 19.1. The smallest absolute Gasteiger partial charge is 0.163 e. The van der Waals surface area contributed by atoms with Gasteiger partial charge in [0.2, 0.25) is 0 Å². The molecule has 1 aliphatic heterocycles. The van der Waals surface area contributed by atoms with E-state index in [1.54, 1.807) is 55.7 Å². The Bertz CT molecular complexity index is 1760. The first-order valence-corrected chi connectivity index (χ1v) is 13.2. The van der Waals surface area contributed by atoms with Gasteiger partial charge >= 0.3 is 0 Å². The normalized spacial score (nSPS) is 17.6. The number of ether oxygens (including phenoxy) is 2. The zero-order valence-corrected chi connectivity index (χ0v) is 22.8. The van der Waals surface area contributed by atoms with Crippen molar-refractivity contribution in [3.63, 3.8) is 0 Å². The summed E-state index contributed by atoms with van der Waals surface area (Å²) < 4.78 is 25.4. The summed E-state index contributed by atoms with van der Waals surface area (Å²) >= 11 is 0. The Morgan fingerprint density at radius 1 is 1.22 bits per heavy atom. The van der Waals surface area contributed by atoms with Crippen LogP contribution in [-0.4, -0.2) is 50.0 Å². The van der Waals surface area contributed by atoms with Crippen LogP contribution in [-0.2, 0) is 11.0 Å². The van der Waals surface area contributed by atoms with Crippen molar-refractivity contribution in [3.8, 4) is 22.8 Å². The molecule has 208 valence electrons. The van der Waals surface area contributed by atoms with Crippen molar-refractivity contribution in [2.45, 2.75) is 37.7 Å². The monoisotopic (exact) mass is 553 g/mol. The molecular formula is C31H28FN5O4. The van der Waals surface area contributed by atoms with E-state index in [0.29, 0.717) is 45.2 Å². The number of nitrogens with one attached hydrogen (secondary N) is 1. The number of Topliss-reactive ketones (excluding diaryl/α,β-unsaturated/α-hetero) is 1. The Morgan fingerprint density at radius 3 is 2.76 bits per heavy atom. The number of aromatic amines is 1. The molecule has 41 heavy (non-hydrogen) atoms. The van der Waals surface area contributed by atoms with Gasteiger partial charge in [-0.15, -0.1) is 0 Å². The minimum atomic E-state index is -1.48. The number of H-pyrrole nitrogens is 1. The number of hydrogen-bond donors (Lipinski definition) is 2. The number of hydrogen-bond acceptors (Lipinski definition) is 8. The van der Waals surface area contributed by atoms with Crippen molar-refractivity contribution in [2.24, 2.45) is 0 Å². The zero-order chi connectivity index (χ0) is 28.8. The average Bonchev–Trinajstić information content (AvgIpc) is 3.65. The highest BCUT2D eigenvalue weighted by Gasteiger charge is 2.43. The number of fused-ring (bicyclic) bond motifs is 2. The second-order valence-electron chi connectivity index (χ2n) is 10.7. The fraction of sp³-hybridized carbons (Fsp3) is 0.258. The first-order chi connectivity index (χ1) is 19.7. The minimum Gasteiger partial charge on any atom is -0.494 e. The number of aromatic nitrogens is 5. The van der Waals surface area contributed by atoms with Crippen LogP contribution < -0.4 is 9.47 Å². The van der Waals surface area contributed by atoms with Gasteiger partial charge in [0.05, 0.1) is 30.1 Å². The Labute approximate surface area is 235 Å². The van der Waals surface area contributed by atoms with Crippen LogP contribution in [0.4, 0.5) is 4.39 Å². The lowest BCUT2D eigenvalue weighted by molar-refractivity contribution is 0.0397. The van der Waals surface area contributed by atoms with Gasteiger partial charge in [-0.25, -0.2) is 9.37 Å². The van der Waals surface area contributed by atoms with E-state index in [4.69, 9.17) is 14.5 Å². The molecule has 5 aromatic rings. The molecule has 0 radical (unpaired) electrons. The number of carbonyl (C=O) groups is 1. The van der Waals surface area contributed by atoms with Crippen molar-refractivity contribution in [2.75, 3.05) is 13.7 Å². The van der Waals surface area contributed by atoms with Gasteiger partial charge in [-0.3, -0.25) is 9.78 Å². The molecule has 6 rings (SSSR count). The van der Waals surface area contributed by atoms with Crippen LogP contribution in [0.5, 0.6) is 11.5 Å². The first kappa shape index (κ1) is 26.5. The third-order valence-corrected chi connectivity index (χ3v) is 7.77. The van der Waals surface area contributed by atoms with Gasteiger partial charge in [0.15, 0.2) is 5.78 Å². The number of pyridine rings is 2. The van der Waals surface area contributed by atoms with Gasteiger partial charge in [-0.1, -0.05) is 6.07 Å². The predicted molar refractivity (Wildman–Crippen MR) is 149 cm³/mol. The summed E-state index contributed by atoms with van der Waals surface area (Å²) in [5, 5.41) is 23.4. The highest BCUT2D eigenvalue weighted by Crippen LogP contribution is 2.48. The average molecular weight is 554 g/mol. The maximum atomic E-state index is 13.8. The summed E-state index contributed by atoms with van der Waals surface area (Å²) in [6.07, 6.45) is 3.48. The molecule has 0 aliphatic carbocycles. The summed E-state index contributed by atoms with van der Waals surface area (Å²) in [4.78, 5) is 22.5. The van der Waals surface area contributed by atoms with Crippen LogP contribution in [0, 0.1) is 5.82 Å².